The molecule has 0 radical (unpaired) electrons. The molecule has 30 heavy (non-hydrogen) atoms. The van der Waals surface area contributed by atoms with Crippen LogP contribution in [0.25, 0.3) is 0 Å². The molecular formula is C22H24N2O6. The third-order valence-electron chi connectivity index (χ3n) is 4.67. The van der Waals surface area contributed by atoms with Gasteiger partial charge in [0.2, 0.25) is 12.0 Å². The smallest absolute Gasteiger partial charge is 0.349 e. The van der Waals surface area contributed by atoms with E-state index in [0.29, 0.717) is 24.4 Å². The number of para-hydroxylation sites is 3. The molecule has 3 rings (SSSR count). The van der Waals surface area contributed by atoms with Gasteiger partial charge in [-0.2, -0.15) is 0 Å². The Morgan fingerprint density at radius 1 is 1.13 bits per heavy atom. The second-order valence-electron chi connectivity index (χ2n) is 6.72. The highest BCUT2D eigenvalue weighted by molar-refractivity contribution is 5.95. The fraction of sp³-hybridized carbons (Fsp3) is 0.318. The summed E-state index contributed by atoms with van der Waals surface area (Å²) in [6, 6.07) is 14.5. The molecule has 1 heterocycles. The number of amides is 2. The van der Waals surface area contributed by atoms with Gasteiger partial charge in [0.05, 0.1) is 19.3 Å². The number of hydrogen-bond acceptors (Lipinski definition) is 6. The van der Waals surface area contributed by atoms with Crippen LogP contribution in [0.4, 0.5) is 5.69 Å². The van der Waals surface area contributed by atoms with Crippen LogP contribution in [-0.2, 0) is 25.5 Å². The monoisotopic (exact) mass is 412 g/mol. The largest absolute Gasteiger partial charge is 0.496 e. The van der Waals surface area contributed by atoms with Gasteiger partial charge in [0.25, 0.3) is 5.91 Å². The molecule has 1 aliphatic heterocycles. The Morgan fingerprint density at radius 2 is 1.87 bits per heavy atom. The quantitative estimate of drug-likeness (QED) is 0.696. The number of rotatable bonds is 7. The lowest BCUT2D eigenvalue weighted by atomic mass is 10.1. The Kier molecular flexibility index (Phi) is 6.90. The first-order chi connectivity index (χ1) is 14.5. The number of ether oxygens (including phenoxy) is 3. The van der Waals surface area contributed by atoms with E-state index < -0.39 is 24.6 Å². The topological polar surface area (TPSA) is 94.2 Å². The van der Waals surface area contributed by atoms with Gasteiger partial charge in [-0.3, -0.25) is 9.59 Å². The molecule has 0 aliphatic carbocycles. The van der Waals surface area contributed by atoms with Crippen LogP contribution in [0.1, 0.15) is 12.5 Å². The number of nitrogens with zero attached hydrogens (tertiary/aromatic N) is 1. The molecule has 0 saturated heterocycles. The van der Waals surface area contributed by atoms with Crippen LogP contribution < -0.4 is 19.7 Å². The lowest BCUT2D eigenvalue weighted by molar-refractivity contribution is -0.155. The number of benzene rings is 2. The van der Waals surface area contributed by atoms with Crippen LogP contribution >= 0.6 is 0 Å². The zero-order valence-electron chi connectivity index (χ0n) is 16.9. The molecule has 0 spiro atoms. The summed E-state index contributed by atoms with van der Waals surface area (Å²) in [5.41, 5.74) is 1.57. The second-order valence-corrected chi connectivity index (χ2v) is 6.72. The van der Waals surface area contributed by atoms with Crippen LogP contribution in [0.15, 0.2) is 48.5 Å². The van der Waals surface area contributed by atoms with Gasteiger partial charge < -0.3 is 24.4 Å². The van der Waals surface area contributed by atoms with E-state index in [1.54, 1.807) is 31.4 Å². The van der Waals surface area contributed by atoms with Gasteiger partial charge >= 0.3 is 5.97 Å². The first kappa shape index (κ1) is 21.2. The van der Waals surface area contributed by atoms with E-state index in [-0.39, 0.29) is 12.5 Å². The Bertz CT molecular complexity index is 929. The summed E-state index contributed by atoms with van der Waals surface area (Å²) in [5.74, 6) is -0.156. The minimum Gasteiger partial charge on any atom is -0.496 e. The first-order valence-electron chi connectivity index (χ1n) is 9.58. The Morgan fingerprint density at radius 3 is 2.63 bits per heavy atom. The Hall–Kier alpha value is -3.55. The Balaban J connectivity index is 1.48. The summed E-state index contributed by atoms with van der Waals surface area (Å²) < 4.78 is 16.0. The predicted octanol–water partition coefficient (Wildman–Crippen LogP) is 1.71. The summed E-state index contributed by atoms with van der Waals surface area (Å²) in [6.07, 6.45) is -0.412. The van der Waals surface area contributed by atoms with Crippen molar-refractivity contribution in [2.45, 2.75) is 19.4 Å². The van der Waals surface area contributed by atoms with E-state index in [1.165, 1.54) is 11.8 Å². The van der Waals surface area contributed by atoms with Gasteiger partial charge in [0.15, 0.2) is 6.61 Å². The molecule has 1 atom stereocenters. The van der Waals surface area contributed by atoms with Crippen molar-refractivity contribution in [1.29, 1.82) is 0 Å². The van der Waals surface area contributed by atoms with Crippen LogP contribution in [-0.4, -0.2) is 50.7 Å². The molecule has 1 N–H and O–H groups in total. The number of nitrogens with one attached hydrogen (secondary N) is 1. The summed E-state index contributed by atoms with van der Waals surface area (Å²) in [6.45, 7) is 1.40. The molecule has 1 aliphatic rings. The number of anilines is 1. The molecule has 8 nitrogen and oxygen atoms in total. The normalized spacial score (nSPS) is 14.9. The van der Waals surface area contributed by atoms with Crippen molar-refractivity contribution < 1.29 is 28.6 Å². The maximum atomic E-state index is 12.4. The minimum absolute atomic E-state index is 0.0284. The highest BCUT2D eigenvalue weighted by Crippen LogP contribution is 2.33. The lowest BCUT2D eigenvalue weighted by Gasteiger charge is -2.33. The van der Waals surface area contributed by atoms with Gasteiger partial charge in [0.1, 0.15) is 11.5 Å². The number of esters is 1. The van der Waals surface area contributed by atoms with Crippen LogP contribution in [0.2, 0.25) is 0 Å². The van der Waals surface area contributed by atoms with Crippen molar-refractivity contribution in [1.82, 2.24) is 5.32 Å². The fourth-order valence-corrected chi connectivity index (χ4v) is 3.18. The van der Waals surface area contributed by atoms with Gasteiger partial charge in [-0.1, -0.05) is 30.3 Å². The maximum Gasteiger partial charge on any atom is 0.349 e. The van der Waals surface area contributed by atoms with Crippen LogP contribution in [0.5, 0.6) is 11.5 Å². The van der Waals surface area contributed by atoms with E-state index in [2.05, 4.69) is 5.32 Å². The number of carbonyl (C=O) groups is 3. The molecule has 8 heteroatoms. The van der Waals surface area contributed by atoms with Gasteiger partial charge in [0, 0.05) is 13.5 Å². The van der Waals surface area contributed by atoms with Crippen molar-refractivity contribution in [3.8, 4) is 11.5 Å². The zero-order valence-corrected chi connectivity index (χ0v) is 16.9. The molecule has 0 unspecified atom stereocenters. The van der Waals surface area contributed by atoms with E-state index in [1.807, 2.05) is 24.3 Å². The molecule has 2 aromatic carbocycles. The summed E-state index contributed by atoms with van der Waals surface area (Å²) in [4.78, 5) is 37.8. The van der Waals surface area contributed by atoms with Gasteiger partial charge in [-0.05, 0) is 30.2 Å². The Labute approximate surface area is 174 Å². The molecule has 0 aromatic heterocycles. The SMILES string of the molecule is COc1ccccc1CCNC(=O)COC(=O)[C@@H]1CN(C(C)=O)c2ccccc2O1. The third-order valence-corrected chi connectivity index (χ3v) is 4.67. The molecule has 0 bridgehead atoms. The van der Waals surface area contributed by atoms with Crippen molar-refractivity contribution in [3.63, 3.8) is 0 Å². The molecule has 158 valence electrons. The third kappa shape index (κ3) is 5.08. The van der Waals surface area contributed by atoms with Crippen molar-refractivity contribution in [2.75, 3.05) is 31.7 Å². The second kappa shape index (κ2) is 9.78. The van der Waals surface area contributed by atoms with Crippen molar-refractivity contribution in [3.05, 3.63) is 54.1 Å². The van der Waals surface area contributed by atoms with E-state index in [4.69, 9.17) is 14.2 Å². The molecular weight excluding hydrogens is 388 g/mol. The van der Waals surface area contributed by atoms with Crippen molar-refractivity contribution >= 4 is 23.5 Å². The molecule has 0 fully saturated rings. The van der Waals surface area contributed by atoms with Gasteiger partial charge in [-0.25, -0.2) is 4.79 Å². The van der Waals surface area contributed by atoms with E-state index in [9.17, 15) is 14.4 Å². The summed E-state index contributed by atoms with van der Waals surface area (Å²) in [5, 5.41) is 2.71. The average Bonchev–Trinajstić information content (AvgIpc) is 2.76. The summed E-state index contributed by atoms with van der Waals surface area (Å²) >= 11 is 0. The number of fused-ring (bicyclic) bond motifs is 1. The van der Waals surface area contributed by atoms with Crippen LogP contribution in [0, 0.1) is 0 Å². The molecule has 2 amide bonds. The maximum absolute atomic E-state index is 12.4. The highest BCUT2D eigenvalue weighted by atomic mass is 16.6. The number of carbonyl (C=O) groups excluding carboxylic acids is 3. The van der Waals surface area contributed by atoms with E-state index >= 15 is 0 Å². The van der Waals surface area contributed by atoms with Crippen LogP contribution in [0.3, 0.4) is 0 Å². The molecule has 2 aromatic rings. The highest BCUT2D eigenvalue weighted by Gasteiger charge is 2.33. The zero-order chi connectivity index (χ0) is 21.5. The molecule has 0 saturated carbocycles. The fourth-order valence-electron chi connectivity index (χ4n) is 3.18. The van der Waals surface area contributed by atoms with Gasteiger partial charge in [-0.15, -0.1) is 0 Å². The number of methoxy groups -OCH3 is 1. The average molecular weight is 412 g/mol. The lowest BCUT2D eigenvalue weighted by Crippen LogP contribution is -2.47. The first-order valence-corrected chi connectivity index (χ1v) is 9.58. The minimum atomic E-state index is -0.995. The number of hydrogen-bond donors (Lipinski definition) is 1. The predicted molar refractivity (Wildman–Crippen MR) is 110 cm³/mol. The standard InChI is InChI=1S/C22H24N2O6/c1-15(25)24-13-20(30-19-10-6-4-8-17(19)24)22(27)29-14-21(26)23-12-11-16-7-3-5-9-18(16)28-2/h3-10,20H,11-14H2,1-2H3,(H,23,26)/t20-/m0/s1. The van der Waals surface area contributed by atoms with Crippen molar-refractivity contribution in [2.24, 2.45) is 0 Å². The van der Waals surface area contributed by atoms with E-state index in [0.717, 1.165) is 11.3 Å². The summed E-state index contributed by atoms with van der Waals surface area (Å²) in [7, 11) is 1.59.